The van der Waals surface area contributed by atoms with E-state index in [1.165, 1.54) is 6.08 Å². The van der Waals surface area contributed by atoms with E-state index in [1.807, 2.05) is 0 Å². The van der Waals surface area contributed by atoms with Crippen LogP contribution in [0, 0.1) is 0 Å². The van der Waals surface area contributed by atoms with Crippen molar-refractivity contribution in [2.24, 2.45) is 0 Å². The van der Waals surface area contributed by atoms with Gasteiger partial charge in [0, 0.05) is 16.5 Å². The molecule has 3 heteroatoms. The molecule has 0 amide bonds. The van der Waals surface area contributed by atoms with E-state index < -0.39 is 0 Å². The Labute approximate surface area is 80.6 Å². The highest BCUT2D eigenvalue weighted by Crippen LogP contribution is 2.18. The number of allylic oxidation sites excluding steroid dienone is 1. The molecule has 0 saturated carbocycles. The number of benzene rings is 1. The van der Waals surface area contributed by atoms with Crippen molar-refractivity contribution in [2.45, 2.75) is 0 Å². The maximum Gasteiger partial charge on any atom is 0.127 e. The van der Waals surface area contributed by atoms with Crippen molar-refractivity contribution in [1.29, 1.82) is 0 Å². The summed E-state index contributed by atoms with van der Waals surface area (Å²) in [5, 5.41) is 0.595. The summed E-state index contributed by atoms with van der Waals surface area (Å²) in [7, 11) is 0. The van der Waals surface area contributed by atoms with Gasteiger partial charge in [0.15, 0.2) is 0 Å². The maximum atomic E-state index is 13.0. The Kier molecular flexibility index (Phi) is 3.57. The number of rotatable bonds is 2. The molecule has 0 aromatic heterocycles. The van der Waals surface area contributed by atoms with Gasteiger partial charge < -0.3 is 0 Å². The first kappa shape index (κ1) is 9.56. The quantitative estimate of drug-likeness (QED) is 0.642. The van der Waals surface area contributed by atoms with Gasteiger partial charge in [-0.25, -0.2) is 4.39 Å². The zero-order chi connectivity index (χ0) is 8.97. The second-order valence-corrected chi connectivity index (χ2v) is 2.96. The van der Waals surface area contributed by atoms with E-state index in [-0.39, 0.29) is 11.7 Å². The van der Waals surface area contributed by atoms with E-state index in [9.17, 15) is 4.39 Å². The van der Waals surface area contributed by atoms with Crippen molar-refractivity contribution < 1.29 is 4.39 Å². The Hall–Kier alpha value is -0.530. The number of hydrogen-bond donors (Lipinski definition) is 0. The fraction of sp³-hybridized carbons (Fsp3) is 0.111. The van der Waals surface area contributed by atoms with E-state index in [2.05, 4.69) is 0 Å². The van der Waals surface area contributed by atoms with E-state index >= 15 is 0 Å². The Morgan fingerprint density at radius 1 is 1.33 bits per heavy atom. The third-order valence-electron chi connectivity index (χ3n) is 1.38. The first-order valence-corrected chi connectivity index (χ1v) is 4.33. The number of alkyl halides is 1. The molecule has 0 aliphatic rings. The summed E-state index contributed by atoms with van der Waals surface area (Å²) in [4.78, 5) is 0. The molecule has 0 aliphatic heterocycles. The van der Waals surface area contributed by atoms with Crippen LogP contribution in [-0.2, 0) is 0 Å². The summed E-state index contributed by atoms with van der Waals surface area (Å²) in [5.74, 6) is -0.143. The predicted octanol–water partition coefficient (Wildman–Crippen LogP) is 3.89. The molecule has 0 atom stereocenters. The van der Waals surface area contributed by atoms with Crippen molar-refractivity contribution in [3.05, 3.63) is 40.9 Å². The fourth-order valence-electron chi connectivity index (χ4n) is 0.795. The molecular formula is C9H7Cl2F. The Morgan fingerprint density at radius 3 is 2.42 bits per heavy atom. The summed E-state index contributed by atoms with van der Waals surface area (Å²) in [6, 6.07) is 6.50. The van der Waals surface area contributed by atoms with Gasteiger partial charge in [-0.2, -0.15) is 0 Å². The molecule has 0 nitrogen and oxygen atoms in total. The molecule has 1 aromatic carbocycles. The molecule has 0 radical (unpaired) electrons. The van der Waals surface area contributed by atoms with Crippen LogP contribution in [0.1, 0.15) is 5.56 Å². The van der Waals surface area contributed by atoms with Crippen molar-refractivity contribution in [3.63, 3.8) is 0 Å². The highest BCUT2D eigenvalue weighted by molar-refractivity contribution is 6.30. The minimum atomic E-state index is -0.318. The highest BCUT2D eigenvalue weighted by atomic mass is 35.5. The molecule has 0 aliphatic carbocycles. The van der Waals surface area contributed by atoms with Crippen LogP contribution in [0.25, 0.3) is 5.83 Å². The largest absolute Gasteiger partial charge is 0.207 e. The fourth-order valence-corrected chi connectivity index (χ4v) is 1.06. The SMILES string of the molecule is FC(=CCCl)c1ccc(Cl)cc1. The van der Waals surface area contributed by atoms with Crippen LogP contribution < -0.4 is 0 Å². The minimum Gasteiger partial charge on any atom is -0.207 e. The Bertz CT molecular complexity index is 277. The van der Waals surface area contributed by atoms with Crippen molar-refractivity contribution >= 4 is 29.0 Å². The lowest BCUT2D eigenvalue weighted by Gasteiger charge is -1.96. The first-order chi connectivity index (χ1) is 5.74. The monoisotopic (exact) mass is 204 g/mol. The van der Waals surface area contributed by atoms with Crippen LogP contribution in [0.15, 0.2) is 30.3 Å². The van der Waals surface area contributed by atoms with Gasteiger partial charge in [-0.1, -0.05) is 23.7 Å². The van der Waals surface area contributed by atoms with Gasteiger partial charge in [-0.15, -0.1) is 11.6 Å². The molecule has 12 heavy (non-hydrogen) atoms. The lowest BCUT2D eigenvalue weighted by Crippen LogP contribution is -1.77. The molecule has 0 saturated heterocycles. The summed E-state index contributed by atoms with van der Waals surface area (Å²) >= 11 is 11.0. The number of hydrogen-bond acceptors (Lipinski definition) is 0. The molecular weight excluding hydrogens is 198 g/mol. The van der Waals surface area contributed by atoms with Crippen LogP contribution in [-0.4, -0.2) is 5.88 Å². The average molecular weight is 205 g/mol. The lowest BCUT2D eigenvalue weighted by atomic mass is 10.2. The molecule has 0 N–H and O–H groups in total. The Balaban J connectivity index is 2.89. The van der Waals surface area contributed by atoms with Gasteiger partial charge >= 0.3 is 0 Å². The summed E-state index contributed by atoms with van der Waals surface area (Å²) in [6.45, 7) is 0. The van der Waals surface area contributed by atoms with Gasteiger partial charge in [0.05, 0.1) is 0 Å². The highest BCUT2D eigenvalue weighted by Gasteiger charge is 1.97. The zero-order valence-electron chi connectivity index (χ0n) is 6.23. The summed E-state index contributed by atoms with van der Waals surface area (Å²) in [5.41, 5.74) is 0.500. The second-order valence-electron chi connectivity index (χ2n) is 2.21. The smallest absolute Gasteiger partial charge is 0.127 e. The molecule has 0 bridgehead atoms. The lowest BCUT2D eigenvalue weighted by molar-refractivity contribution is 0.758. The topological polar surface area (TPSA) is 0 Å². The normalized spacial score (nSPS) is 11.8. The molecule has 0 unspecified atom stereocenters. The van der Waals surface area contributed by atoms with E-state index in [1.54, 1.807) is 24.3 Å². The van der Waals surface area contributed by atoms with Gasteiger partial charge in [0.25, 0.3) is 0 Å². The maximum absolute atomic E-state index is 13.0. The Morgan fingerprint density at radius 2 is 1.92 bits per heavy atom. The van der Waals surface area contributed by atoms with Gasteiger partial charge in [-0.05, 0) is 18.2 Å². The van der Waals surface area contributed by atoms with Crippen LogP contribution in [0.3, 0.4) is 0 Å². The van der Waals surface area contributed by atoms with Crippen molar-refractivity contribution in [3.8, 4) is 0 Å². The third kappa shape index (κ3) is 2.50. The number of halogens is 3. The summed E-state index contributed by atoms with van der Waals surface area (Å²) < 4.78 is 13.0. The molecule has 1 rings (SSSR count). The molecule has 64 valence electrons. The average Bonchev–Trinajstić information content (AvgIpc) is 2.06. The van der Waals surface area contributed by atoms with Crippen LogP contribution in [0.5, 0.6) is 0 Å². The third-order valence-corrected chi connectivity index (χ3v) is 1.78. The second kappa shape index (κ2) is 4.48. The first-order valence-electron chi connectivity index (χ1n) is 3.41. The molecule has 0 fully saturated rings. The van der Waals surface area contributed by atoms with E-state index in [4.69, 9.17) is 23.2 Å². The van der Waals surface area contributed by atoms with Crippen molar-refractivity contribution in [1.82, 2.24) is 0 Å². The van der Waals surface area contributed by atoms with E-state index in [0.29, 0.717) is 10.6 Å². The molecule has 1 aromatic rings. The van der Waals surface area contributed by atoms with Crippen LogP contribution in [0.4, 0.5) is 4.39 Å². The molecule has 0 spiro atoms. The predicted molar refractivity (Wildman–Crippen MR) is 51.3 cm³/mol. The summed E-state index contributed by atoms with van der Waals surface area (Å²) in [6.07, 6.45) is 1.31. The van der Waals surface area contributed by atoms with Crippen molar-refractivity contribution in [2.75, 3.05) is 5.88 Å². The van der Waals surface area contributed by atoms with Crippen LogP contribution >= 0.6 is 23.2 Å². The zero-order valence-corrected chi connectivity index (χ0v) is 7.74. The standard InChI is InChI=1S/C9H7Cl2F/c10-6-5-9(12)7-1-3-8(11)4-2-7/h1-5H,6H2. The minimum absolute atomic E-state index is 0.175. The van der Waals surface area contributed by atoms with Gasteiger partial charge in [-0.3, -0.25) is 0 Å². The van der Waals surface area contributed by atoms with Gasteiger partial charge in [0.1, 0.15) is 5.83 Å². The van der Waals surface area contributed by atoms with E-state index in [0.717, 1.165) is 0 Å². The molecule has 0 heterocycles. The van der Waals surface area contributed by atoms with Gasteiger partial charge in [0.2, 0.25) is 0 Å². The van der Waals surface area contributed by atoms with Crippen LogP contribution in [0.2, 0.25) is 5.02 Å².